The molecule has 2 unspecified atom stereocenters. The van der Waals surface area contributed by atoms with Gasteiger partial charge in [-0.2, -0.15) is 0 Å². The summed E-state index contributed by atoms with van der Waals surface area (Å²) in [5, 5.41) is 20.7. The highest BCUT2D eigenvalue weighted by atomic mass is 16.6. The molecule has 41 heavy (non-hydrogen) atoms. The molecule has 0 aliphatic heterocycles. The van der Waals surface area contributed by atoms with Gasteiger partial charge in [0.25, 0.3) is 0 Å². The number of hydrogen-bond acceptors (Lipinski definition) is 7. The van der Waals surface area contributed by atoms with E-state index in [0.29, 0.717) is 22.3 Å². The molecule has 0 radical (unpaired) electrons. The molecule has 0 amide bonds. The Morgan fingerprint density at radius 2 is 1.00 bits per heavy atom. The summed E-state index contributed by atoms with van der Waals surface area (Å²) in [4.78, 5) is 49.1. The van der Waals surface area contributed by atoms with Crippen molar-refractivity contribution in [1.82, 2.24) is 0 Å². The van der Waals surface area contributed by atoms with Gasteiger partial charge >= 0.3 is 23.9 Å². The Kier molecular flexibility index (Phi) is 8.37. The second-order valence-electron chi connectivity index (χ2n) is 10.8. The molecule has 2 atom stereocenters. The molecule has 0 saturated heterocycles. The summed E-state index contributed by atoms with van der Waals surface area (Å²) < 4.78 is 16.7. The van der Waals surface area contributed by atoms with Gasteiger partial charge in [-0.15, -0.1) is 0 Å². The highest BCUT2D eigenvalue weighted by molar-refractivity contribution is 5.89. The third-order valence-electron chi connectivity index (χ3n) is 7.81. The predicted octanol–water partition coefficient (Wildman–Crippen LogP) is 6.70. The van der Waals surface area contributed by atoms with Gasteiger partial charge in [0.15, 0.2) is 0 Å². The van der Waals surface area contributed by atoms with Crippen molar-refractivity contribution in [2.24, 2.45) is 0 Å². The summed E-state index contributed by atoms with van der Waals surface area (Å²) in [5.41, 5.74) is 6.13. The third-order valence-corrected chi connectivity index (χ3v) is 7.81. The molecule has 2 aromatic heterocycles. The van der Waals surface area contributed by atoms with Crippen molar-refractivity contribution in [3.05, 3.63) is 69.2 Å². The van der Waals surface area contributed by atoms with Crippen LogP contribution in [0.2, 0.25) is 0 Å². The maximum atomic E-state index is 12.9. The average molecular weight is 563 g/mol. The van der Waals surface area contributed by atoms with E-state index in [-0.39, 0.29) is 25.7 Å². The molecular formula is C32H34O9. The van der Waals surface area contributed by atoms with E-state index in [1.807, 2.05) is 53.7 Å². The number of ether oxygens (including phenoxy) is 1. The Hall–Kier alpha value is -4.40. The molecule has 2 N–H and O–H groups in total. The van der Waals surface area contributed by atoms with Gasteiger partial charge in [0.05, 0.1) is 25.7 Å². The Balaban J connectivity index is 1.54. The highest BCUT2D eigenvalue weighted by Crippen LogP contribution is 2.35. The summed E-state index contributed by atoms with van der Waals surface area (Å²) in [7, 11) is 0. The van der Waals surface area contributed by atoms with Gasteiger partial charge in [0.2, 0.25) is 0 Å². The molecule has 2 aromatic carbocycles. The van der Waals surface area contributed by atoms with Gasteiger partial charge in [0.1, 0.15) is 22.7 Å². The van der Waals surface area contributed by atoms with Crippen molar-refractivity contribution in [3.8, 4) is 0 Å². The fourth-order valence-electron chi connectivity index (χ4n) is 5.39. The maximum Gasteiger partial charge on any atom is 0.314 e. The molecular weight excluding hydrogens is 528 g/mol. The molecule has 4 rings (SSSR count). The fourth-order valence-corrected chi connectivity index (χ4v) is 5.39. The molecule has 2 heterocycles. The summed E-state index contributed by atoms with van der Waals surface area (Å²) >= 11 is 0. The van der Waals surface area contributed by atoms with Gasteiger partial charge in [-0.05, 0) is 87.1 Å². The van der Waals surface area contributed by atoms with Crippen LogP contribution in [0.3, 0.4) is 0 Å². The van der Waals surface area contributed by atoms with Crippen LogP contribution in [0.15, 0.2) is 33.1 Å². The van der Waals surface area contributed by atoms with Crippen molar-refractivity contribution in [3.63, 3.8) is 0 Å². The van der Waals surface area contributed by atoms with Crippen LogP contribution in [-0.4, -0.2) is 34.1 Å². The lowest BCUT2D eigenvalue weighted by atomic mass is 9.89. The van der Waals surface area contributed by atoms with Gasteiger partial charge < -0.3 is 23.8 Å². The minimum absolute atomic E-state index is 0.332. The van der Waals surface area contributed by atoms with E-state index < -0.39 is 35.7 Å². The van der Waals surface area contributed by atoms with Gasteiger partial charge in [-0.3, -0.25) is 19.2 Å². The van der Waals surface area contributed by atoms with Gasteiger partial charge in [-0.1, -0.05) is 12.1 Å². The van der Waals surface area contributed by atoms with E-state index in [1.54, 1.807) is 12.1 Å². The molecule has 9 nitrogen and oxygen atoms in total. The van der Waals surface area contributed by atoms with Crippen molar-refractivity contribution in [2.75, 3.05) is 0 Å². The van der Waals surface area contributed by atoms with Crippen molar-refractivity contribution < 1.29 is 43.0 Å². The normalized spacial score (nSPS) is 12.9. The third kappa shape index (κ3) is 6.34. The van der Waals surface area contributed by atoms with Gasteiger partial charge in [0, 0.05) is 22.6 Å². The zero-order valence-electron chi connectivity index (χ0n) is 24.0. The van der Waals surface area contributed by atoms with Crippen LogP contribution in [0.4, 0.5) is 0 Å². The molecule has 9 heteroatoms. The zero-order valence-corrected chi connectivity index (χ0v) is 24.0. The number of carboxylic acid groups (broad SMARTS) is 2. The highest BCUT2D eigenvalue weighted by Gasteiger charge is 2.27. The first-order valence-corrected chi connectivity index (χ1v) is 13.4. The lowest BCUT2D eigenvalue weighted by Gasteiger charge is -2.17. The van der Waals surface area contributed by atoms with E-state index >= 15 is 0 Å². The number of aliphatic carboxylic acids is 2. The SMILES string of the molecule is Cc1oc2c(C)cc(C(CC(=O)O)CC(=O)OC(=O)CC(CC(=O)O)c3cc(C)c4oc(C)c(C)c4c3)cc2c1C. The topological polar surface area (TPSA) is 144 Å². The number of aryl methyl sites for hydroxylation is 6. The quantitative estimate of drug-likeness (QED) is 0.159. The first-order valence-electron chi connectivity index (χ1n) is 13.4. The van der Waals surface area contributed by atoms with E-state index in [4.69, 9.17) is 13.6 Å². The lowest BCUT2D eigenvalue weighted by Crippen LogP contribution is -2.20. The van der Waals surface area contributed by atoms with E-state index in [9.17, 15) is 29.4 Å². The summed E-state index contributed by atoms with van der Waals surface area (Å²) in [5.74, 6) is -3.91. The molecule has 0 spiro atoms. The number of hydrogen-bond donors (Lipinski definition) is 2. The lowest BCUT2D eigenvalue weighted by molar-refractivity contribution is -0.160. The van der Waals surface area contributed by atoms with Crippen LogP contribution in [0, 0.1) is 41.5 Å². The number of carboxylic acids is 2. The Morgan fingerprint density at radius 1 is 0.634 bits per heavy atom. The Morgan fingerprint density at radius 3 is 1.34 bits per heavy atom. The van der Waals surface area contributed by atoms with E-state index in [0.717, 1.165) is 44.5 Å². The summed E-state index contributed by atoms with van der Waals surface area (Å²) in [6.45, 7) is 11.2. The molecule has 0 saturated carbocycles. The van der Waals surface area contributed by atoms with Crippen LogP contribution in [0.25, 0.3) is 21.9 Å². The number of fused-ring (bicyclic) bond motifs is 2. The molecule has 0 aliphatic rings. The second-order valence-corrected chi connectivity index (χ2v) is 10.8. The number of carbonyl (C=O) groups excluding carboxylic acids is 2. The fraction of sp³-hybridized carbons (Fsp3) is 0.375. The minimum atomic E-state index is -1.09. The van der Waals surface area contributed by atoms with Crippen LogP contribution in [-0.2, 0) is 23.9 Å². The number of esters is 2. The van der Waals surface area contributed by atoms with Crippen LogP contribution >= 0.6 is 0 Å². The summed E-state index contributed by atoms with van der Waals surface area (Å²) in [6.07, 6.45) is -1.34. The number of rotatable bonds is 10. The monoisotopic (exact) mass is 562 g/mol. The van der Waals surface area contributed by atoms with Crippen LogP contribution in [0.5, 0.6) is 0 Å². The molecule has 0 fully saturated rings. The standard InChI is InChI=1S/C32H34O9/c1-15-7-21(9-25-17(3)19(5)39-31(15)25)23(11-27(33)34)13-29(37)41-30(38)14-24(12-28(35)36)22-8-16(2)32-26(10-22)18(4)20(6)40-32/h7-10,23-24H,11-14H2,1-6H3,(H,33,34)(H,35,36). The number of furan rings is 2. The maximum absolute atomic E-state index is 12.9. The van der Waals surface area contributed by atoms with E-state index in [2.05, 4.69) is 0 Å². The zero-order chi connectivity index (χ0) is 30.2. The van der Waals surface area contributed by atoms with Crippen molar-refractivity contribution in [1.29, 1.82) is 0 Å². The van der Waals surface area contributed by atoms with E-state index in [1.165, 1.54) is 0 Å². The summed E-state index contributed by atoms with van der Waals surface area (Å²) in [6, 6.07) is 7.21. The van der Waals surface area contributed by atoms with Crippen LogP contribution < -0.4 is 0 Å². The first-order chi connectivity index (χ1) is 19.2. The number of benzene rings is 2. The molecule has 0 bridgehead atoms. The molecule has 4 aromatic rings. The number of carbonyl (C=O) groups is 4. The van der Waals surface area contributed by atoms with Crippen molar-refractivity contribution in [2.45, 2.75) is 79.1 Å². The van der Waals surface area contributed by atoms with Crippen LogP contribution in [0.1, 0.15) is 82.4 Å². The van der Waals surface area contributed by atoms with Crippen molar-refractivity contribution >= 4 is 45.8 Å². The Labute approximate surface area is 237 Å². The largest absolute Gasteiger partial charge is 0.481 e. The first kappa shape index (κ1) is 29.6. The molecule has 216 valence electrons. The van der Waals surface area contributed by atoms with Gasteiger partial charge in [-0.25, -0.2) is 0 Å². The second kappa shape index (κ2) is 11.6. The molecule has 0 aliphatic carbocycles. The smallest absolute Gasteiger partial charge is 0.314 e. The minimum Gasteiger partial charge on any atom is -0.481 e. The average Bonchev–Trinajstić information content (AvgIpc) is 3.33. The predicted molar refractivity (Wildman–Crippen MR) is 151 cm³/mol. The Bertz CT molecular complexity index is 1560.